The lowest BCUT2D eigenvalue weighted by atomic mass is 10.0. The number of fused-ring (bicyclic) bond motifs is 2. The third-order valence-corrected chi connectivity index (χ3v) is 4.51. The number of benzene rings is 3. The molecule has 0 saturated carbocycles. The fourth-order valence-electron chi connectivity index (χ4n) is 2.33. The van der Waals surface area contributed by atoms with Gasteiger partial charge >= 0.3 is 0 Å². The van der Waals surface area contributed by atoms with Gasteiger partial charge in [-0.2, -0.15) is 0 Å². The monoisotopic (exact) mass is 252 g/mol. The fraction of sp³-hybridized carbons (Fsp3) is 0.176. The highest BCUT2D eigenvalue weighted by Crippen LogP contribution is 2.35. The van der Waals surface area contributed by atoms with Gasteiger partial charge in [0.25, 0.3) is 0 Å². The van der Waals surface area contributed by atoms with E-state index in [-0.39, 0.29) is 0 Å². The maximum Gasteiger partial charge on any atom is 0.0229 e. The zero-order chi connectivity index (χ0) is 12.4. The van der Waals surface area contributed by atoms with Crippen LogP contribution in [0.3, 0.4) is 0 Å². The van der Waals surface area contributed by atoms with Crippen LogP contribution in [-0.4, -0.2) is 5.75 Å². The maximum absolute atomic E-state index is 2.29. The molecule has 0 amide bonds. The molecule has 18 heavy (non-hydrogen) atoms. The molecular weight excluding hydrogens is 236 g/mol. The van der Waals surface area contributed by atoms with Gasteiger partial charge in [-0.3, -0.25) is 0 Å². The molecule has 1 heteroatoms. The minimum Gasteiger partial charge on any atom is -0.125 e. The molecule has 0 unspecified atom stereocenters. The van der Waals surface area contributed by atoms with Crippen molar-refractivity contribution in [3.63, 3.8) is 0 Å². The summed E-state index contributed by atoms with van der Waals surface area (Å²) in [6.45, 7) is 2.24. The Labute approximate surface area is 112 Å². The van der Waals surface area contributed by atoms with Crippen molar-refractivity contribution in [1.82, 2.24) is 0 Å². The lowest BCUT2D eigenvalue weighted by molar-refractivity contribution is 1.11. The molecule has 0 heterocycles. The number of rotatable bonds is 3. The summed E-state index contributed by atoms with van der Waals surface area (Å²) in [4.78, 5) is 1.44. The second kappa shape index (κ2) is 5.03. The molecule has 0 bridgehead atoms. The molecule has 3 aromatic carbocycles. The van der Waals surface area contributed by atoms with Crippen molar-refractivity contribution in [2.45, 2.75) is 18.2 Å². The Hall–Kier alpha value is -1.47. The fourth-order valence-corrected chi connectivity index (χ4v) is 3.42. The average molecular weight is 252 g/mol. The molecule has 0 aromatic heterocycles. The molecule has 0 atom stereocenters. The van der Waals surface area contributed by atoms with Gasteiger partial charge in [-0.15, -0.1) is 11.8 Å². The molecule has 0 aliphatic carbocycles. The minimum absolute atomic E-state index is 1.18. The van der Waals surface area contributed by atoms with Crippen molar-refractivity contribution in [3.05, 3.63) is 54.6 Å². The van der Waals surface area contributed by atoms with E-state index in [1.165, 1.54) is 38.6 Å². The highest BCUT2D eigenvalue weighted by atomic mass is 32.2. The molecule has 0 saturated heterocycles. The van der Waals surface area contributed by atoms with Gasteiger partial charge in [0.1, 0.15) is 0 Å². The van der Waals surface area contributed by atoms with Gasteiger partial charge in [0.2, 0.25) is 0 Å². The van der Waals surface area contributed by atoms with E-state index < -0.39 is 0 Å². The molecule has 0 N–H and O–H groups in total. The summed E-state index contributed by atoms with van der Waals surface area (Å²) in [5.41, 5.74) is 0. The summed E-state index contributed by atoms with van der Waals surface area (Å²) >= 11 is 1.98. The number of hydrogen-bond acceptors (Lipinski definition) is 1. The Morgan fingerprint density at radius 1 is 0.833 bits per heavy atom. The predicted octanol–water partition coefficient (Wildman–Crippen LogP) is 5.50. The van der Waals surface area contributed by atoms with Crippen molar-refractivity contribution in [3.8, 4) is 0 Å². The van der Waals surface area contributed by atoms with E-state index >= 15 is 0 Å². The first kappa shape index (κ1) is 11.6. The smallest absolute Gasteiger partial charge is 0.0229 e. The van der Waals surface area contributed by atoms with Crippen molar-refractivity contribution in [2.24, 2.45) is 0 Å². The van der Waals surface area contributed by atoms with E-state index in [2.05, 4.69) is 61.5 Å². The van der Waals surface area contributed by atoms with Crippen molar-refractivity contribution in [1.29, 1.82) is 0 Å². The Morgan fingerprint density at radius 2 is 1.39 bits per heavy atom. The van der Waals surface area contributed by atoms with Crippen LogP contribution in [0.5, 0.6) is 0 Å². The van der Waals surface area contributed by atoms with Crippen LogP contribution in [0, 0.1) is 0 Å². The van der Waals surface area contributed by atoms with E-state index in [1.807, 2.05) is 11.8 Å². The molecule has 3 aromatic rings. The highest BCUT2D eigenvalue weighted by Gasteiger charge is 2.06. The summed E-state index contributed by atoms with van der Waals surface area (Å²) in [5.74, 6) is 1.18. The summed E-state index contributed by atoms with van der Waals surface area (Å²) in [6, 6.07) is 19.7. The number of thioether (sulfide) groups is 1. The SMILES string of the molecule is CCCSc1c2ccccc2cc2ccccc12. The van der Waals surface area contributed by atoms with Crippen LogP contribution in [0.4, 0.5) is 0 Å². The first-order valence-electron chi connectivity index (χ1n) is 6.43. The van der Waals surface area contributed by atoms with Gasteiger partial charge in [0, 0.05) is 4.90 Å². The molecular formula is C17H16S. The van der Waals surface area contributed by atoms with Gasteiger partial charge < -0.3 is 0 Å². The minimum atomic E-state index is 1.18. The molecule has 0 radical (unpaired) electrons. The maximum atomic E-state index is 2.29. The lowest BCUT2D eigenvalue weighted by Crippen LogP contribution is -1.84. The van der Waals surface area contributed by atoms with Gasteiger partial charge in [-0.1, -0.05) is 55.5 Å². The van der Waals surface area contributed by atoms with Crippen molar-refractivity contribution >= 4 is 33.3 Å². The Kier molecular flexibility index (Phi) is 3.24. The van der Waals surface area contributed by atoms with Gasteiger partial charge in [0.05, 0.1) is 0 Å². The standard InChI is InChI=1S/C17H16S/c1-2-11-18-17-15-9-5-3-7-13(15)12-14-8-4-6-10-16(14)17/h3-10,12H,2,11H2,1H3. The zero-order valence-electron chi connectivity index (χ0n) is 10.5. The highest BCUT2D eigenvalue weighted by molar-refractivity contribution is 7.99. The van der Waals surface area contributed by atoms with Crippen LogP contribution < -0.4 is 0 Å². The van der Waals surface area contributed by atoms with Crippen LogP contribution in [0.25, 0.3) is 21.5 Å². The normalized spacial score (nSPS) is 11.2. The van der Waals surface area contributed by atoms with Crippen LogP contribution in [0.15, 0.2) is 59.5 Å². The van der Waals surface area contributed by atoms with Crippen molar-refractivity contribution in [2.75, 3.05) is 5.75 Å². The first-order valence-corrected chi connectivity index (χ1v) is 7.42. The molecule has 0 aliphatic rings. The van der Waals surface area contributed by atoms with Gasteiger partial charge in [-0.25, -0.2) is 0 Å². The third kappa shape index (κ3) is 1.99. The third-order valence-electron chi connectivity index (χ3n) is 3.17. The van der Waals surface area contributed by atoms with E-state index in [4.69, 9.17) is 0 Å². The first-order chi connectivity index (χ1) is 8.90. The summed E-state index contributed by atoms with van der Waals surface area (Å²) in [5, 5.41) is 5.45. The van der Waals surface area contributed by atoms with Gasteiger partial charge in [-0.05, 0) is 39.8 Å². The molecule has 0 spiro atoms. The molecule has 0 nitrogen and oxygen atoms in total. The second-order valence-corrected chi connectivity index (χ2v) is 5.60. The quantitative estimate of drug-likeness (QED) is 0.438. The topological polar surface area (TPSA) is 0 Å². The second-order valence-electron chi connectivity index (χ2n) is 4.50. The molecule has 3 rings (SSSR count). The predicted molar refractivity (Wildman–Crippen MR) is 82.5 cm³/mol. The average Bonchev–Trinajstić information content (AvgIpc) is 2.43. The molecule has 0 aliphatic heterocycles. The van der Waals surface area contributed by atoms with Crippen LogP contribution in [0.1, 0.15) is 13.3 Å². The summed E-state index contributed by atoms with van der Waals surface area (Å²) in [6.07, 6.45) is 1.21. The zero-order valence-corrected chi connectivity index (χ0v) is 11.3. The number of hydrogen-bond donors (Lipinski definition) is 0. The summed E-state index contributed by atoms with van der Waals surface area (Å²) < 4.78 is 0. The largest absolute Gasteiger partial charge is 0.125 e. The van der Waals surface area contributed by atoms with E-state index in [0.717, 1.165) is 0 Å². The van der Waals surface area contributed by atoms with Crippen LogP contribution in [0.2, 0.25) is 0 Å². The molecule has 0 fully saturated rings. The summed E-state index contributed by atoms with van der Waals surface area (Å²) in [7, 11) is 0. The van der Waals surface area contributed by atoms with Crippen LogP contribution in [-0.2, 0) is 0 Å². The Balaban J connectivity index is 2.34. The van der Waals surface area contributed by atoms with Crippen LogP contribution >= 0.6 is 11.8 Å². The lowest BCUT2D eigenvalue weighted by Gasteiger charge is -2.10. The van der Waals surface area contributed by atoms with E-state index in [9.17, 15) is 0 Å². The van der Waals surface area contributed by atoms with Crippen molar-refractivity contribution < 1.29 is 0 Å². The Bertz CT molecular complexity index is 631. The molecule has 90 valence electrons. The Morgan fingerprint density at radius 3 is 1.94 bits per heavy atom. The van der Waals surface area contributed by atoms with E-state index in [1.54, 1.807) is 0 Å². The van der Waals surface area contributed by atoms with Gasteiger partial charge in [0.15, 0.2) is 0 Å². The van der Waals surface area contributed by atoms with E-state index in [0.29, 0.717) is 0 Å².